The Morgan fingerprint density at radius 3 is 2.45 bits per heavy atom. The summed E-state index contributed by atoms with van der Waals surface area (Å²) in [7, 11) is 1.99. The van der Waals surface area contributed by atoms with Crippen molar-refractivity contribution in [1.29, 1.82) is 0 Å². The number of carbonyl (C=O) groups excluding carboxylic acids is 1. The third kappa shape index (κ3) is 4.19. The molecule has 0 N–H and O–H groups in total. The molecule has 1 unspecified atom stereocenters. The fourth-order valence-corrected chi connectivity index (χ4v) is 4.90. The van der Waals surface area contributed by atoms with Gasteiger partial charge in [0.25, 0.3) is 0 Å². The monoisotopic (exact) mass is 435 g/mol. The van der Waals surface area contributed by atoms with Gasteiger partial charge >= 0.3 is 0 Å². The van der Waals surface area contributed by atoms with E-state index in [-0.39, 0.29) is 24.4 Å². The molecule has 1 amide bonds. The molecule has 1 saturated carbocycles. The van der Waals surface area contributed by atoms with Crippen LogP contribution < -0.4 is 0 Å². The Bertz CT molecular complexity index is 1040. The molecule has 1 aliphatic heterocycles. The van der Waals surface area contributed by atoms with Crippen molar-refractivity contribution >= 4 is 29.2 Å². The highest BCUT2D eigenvalue weighted by atomic mass is 35.5. The van der Waals surface area contributed by atoms with Crippen molar-refractivity contribution in [1.82, 2.24) is 14.8 Å². The van der Waals surface area contributed by atoms with Gasteiger partial charge in [0.1, 0.15) is 0 Å². The van der Waals surface area contributed by atoms with Crippen LogP contribution in [0.5, 0.6) is 0 Å². The second kappa shape index (κ2) is 8.97. The van der Waals surface area contributed by atoms with Crippen LogP contribution in [0.3, 0.4) is 0 Å². The number of nitrogens with zero attached hydrogens (tertiary/aromatic N) is 3. The molecule has 31 heavy (non-hydrogen) atoms. The van der Waals surface area contributed by atoms with E-state index in [9.17, 15) is 4.79 Å². The summed E-state index contributed by atoms with van der Waals surface area (Å²) in [4.78, 5) is 23.0. The quantitative estimate of drug-likeness (QED) is 0.547. The highest BCUT2D eigenvalue weighted by molar-refractivity contribution is 5.92. The third-order valence-corrected chi connectivity index (χ3v) is 6.90. The molecule has 2 fully saturated rings. The van der Waals surface area contributed by atoms with E-state index >= 15 is 0 Å². The van der Waals surface area contributed by atoms with Gasteiger partial charge in [-0.1, -0.05) is 48.5 Å². The molecule has 3 aromatic rings. The molecule has 0 spiro atoms. The van der Waals surface area contributed by atoms with Crippen LogP contribution in [-0.4, -0.2) is 47.4 Å². The first-order valence-electron chi connectivity index (χ1n) is 11.1. The zero-order valence-electron chi connectivity index (χ0n) is 18.0. The van der Waals surface area contributed by atoms with Crippen LogP contribution in [0.25, 0.3) is 10.9 Å². The largest absolute Gasteiger partial charge is 0.337 e. The summed E-state index contributed by atoms with van der Waals surface area (Å²) < 4.78 is 0. The fraction of sp³-hybridized carbons (Fsp3) is 0.385. The number of amides is 1. The van der Waals surface area contributed by atoms with Crippen LogP contribution in [0.2, 0.25) is 0 Å². The molecular weight excluding hydrogens is 406 g/mol. The minimum Gasteiger partial charge on any atom is -0.337 e. The molecular formula is C26H30ClN3O. The van der Waals surface area contributed by atoms with Crippen LogP contribution in [0, 0.1) is 0 Å². The molecule has 0 radical (unpaired) electrons. The molecule has 5 heteroatoms. The smallest absolute Gasteiger partial charge is 0.233 e. The first-order valence-corrected chi connectivity index (χ1v) is 11.1. The summed E-state index contributed by atoms with van der Waals surface area (Å²) in [5, 5.41) is 1.11. The van der Waals surface area contributed by atoms with Gasteiger partial charge in [-0.15, -0.1) is 12.4 Å². The zero-order chi connectivity index (χ0) is 20.6. The number of fused-ring (bicyclic) bond motifs is 1. The summed E-state index contributed by atoms with van der Waals surface area (Å²) in [5.41, 5.74) is 2.84. The number of benzene rings is 2. The Morgan fingerprint density at radius 1 is 1.06 bits per heavy atom. The van der Waals surface area contributed by atoms with E-state index in [4.69, 9.17) is 0 Å². The lowest BCUT2D eigenvalue weighted by atomic mass is 9.93. The highest BCUT2D eigenvalue weighted by Gasteiger charge is 2.53. The van der Waals surface area contributed by atoms with Gasteiger partial charge in [0.05, 0.1) is 17.0 Å². The lowest BCUT2D eigenvalue weighted by molar-refractivity contribution is -0.135. The first-order chi connectivity index (χ1) is 14.7. The van der Waals surface area contributed by atoms with Gasteiger partial charge in [0, 0.05) is 25.2 Å². The average molecular weight is 436 g/mol. The van der Waals surface area contributed by atoms with Crippen molar-refractivity contribution in [2.45, 2.75) is 37.1 Å². The summed E-state index contributed by atoms with van der Waals surface area (Å²) in [6, 6.07) is 20.9. The van der Waals surface area contributed by atoms with Gasteiger partial charge in [-0.3, -0.25) is 9.78 Å². The Hall–Kier alpha value is -2.43. The molecule has 4 nitrogen and oxygen atoms in total. The summed E-state index contributed by atoms with van der Waals surface area (Å²) in [6.07, 6.45) is 6.24. The van der Waals surface area contributed by atoms with E-state index in [1.807, 2.05) is 42.4 Å². The van der Waals surface area contributed by atoms with Crippen LogP contribution >= 0.6 is 12.4 Å². The number of rotatable bonds is 6. The van der Waals surface area contributed by atoms with Gasteiger partial charge in [0.2, 0.25) is 5.91 Å². The summed E-state index contributed by atoms with van der Waals surface area (Å²) >= 11 is 0. The van der Waals surface area contributed by atoms with Crippen molar-refractivity contribution in [3.8, 4) is 0 Å². The van der Waals surface area contributed by atoms with Crippen LogP contribution in [0.1, 0.15) is 42.9 Å². The van der Waals surface area contributed by atoms with Gasteiger partial charge in [0.15, 0.2) is 0 Å². The predicted octanol–water partition coefficient (Wildman–Crippen LogP) is 4.98. The van der Waals surface area contributed by atoms with Gasteiger partial charge < -0.3 is 9.80 Å². The minimum atomic E-state index is -0.413. The van der Waals surface area contributed by atoms with Crippen molar-refractivity contribution in [2.75, 3.05) is 26.7 Å². The molecule has 1 aromatic heterocycles. The van der Waals surface area contributed by atoms with E-state index in [1.54, 1.807) is 0 Å². The molecule has 1 saturated heterocycles. The van der Waals surface area contributed by atoms with E-state index in [1.165, 1.54) is 18.4 Å². The number of likely N-dealkylation sites (N-methyl/N-ethyl adjacent to an activating group) is 1. The van der Waals surface area contributed by atoms with Crippen molar-refractivity contribution in [3.63, 3.8) is 0 Å². The van der Waals surface area contributed by atoms with E-state index in [2.05, 4.69) is 46.3 Å². The molecule has 162 valence electrons. The zero-order valence-corrected chi connectivity index (χ0v) is 18.9. The number of pyridine rings is 1. The third-order valence-electron chi connectivity index (χ3n) is 6.90. The molecule has 5 rings (SSSR count). The highest BCUT2D eigenvalue weighted by Crippen LogP contribution is 2.50. The average Bonchev–Trinajstić information content (AvgIpc) is 3.45. The molecule has 0 bridgehead atoms. The molecule has 2 heterocycles. The molecule has 1 atom stereocenters. The summed E-state index contributed by atoms with van der Waals surface area (Å²) in [6.45, 7) is 3.16. The lowest BCUT2D eigenvalue weighted by Gasteiger charge is -2.34. The predicted molar refractivity (Wildman–Crippen MR) is 128 cm³/mol. The number of aromatic nitrogens is 1. The fourth-order valence-electron chi connectivity index (χ4n) is 4.90. The molecule has 2 aliphatic rings. The first kappa shape index (κ1) is 21.8. The molecule has 2 aromatic carbocycles. The van der Waals surface area contributed by atoms with E-state index in [0.29, 0.717) is 0 Å². The normalized spacial score (nSPS) is 18.4. The van der Waals surface area contributed by atoms with E-state index < -0.39 is 5.41 Å². The Kier molecular flexibility index (Phi) is 6.31. The second-order valence-electron chi connectivity index (χ2n) is 8.85. The van der Waals surface area contributed by atoms with Crippen LogP contribution in [0.4, 0.5) is 0 Å². The topological polar surface area (TPSA) is 36.4 Å². The standard InChI is InChI=1S/C26H29N3O.ClH/c1-28(24(19-29-15-7-8-16-29)20-9-3-2-4-10-20)25(30)26(13-14-26)22-17-21-11-5-6-12-23(21)27-18-22;/h2-6,9-12,17-18,24H,7-8,13-16,19H2,1H3;1H. The number of para-hydroxylation sites is 1. The van der Waals surface area contributed by atoms with Crippen molar-refractivity contribution < 1.29 is 4.79 Å². The van der Waals surface area contributed by atoms with E-state index in [0.717, 1.165) is 48.9 Å². The number of hydrogen-bond acceptors (Lipinski definition) is 3. The van der Waals surface area contributed by atoms with Gasteiger partial charge in [-0.25, -0.2) is 0 Å². The maximum atomic E-state index is 13.8. The van der Waals surface area contributed by atoms with Crippen LogP contribution in [-0.2, 0) is 10.2 Å². The second-order valence-corrected chi connectivity index (χ2v) is 8.85. The number of carbonyl (C=O) groups is 1. The lowest BCUT2D eigenvalue weighted by Crippen LogP contribution is -2.43. The maximum Gasteiger partial charge on any atom is 0.233 e. The maximum absolute atomic E-state index is 13.8. The minimum absolute atomic E-state index is 0. The number of hydrogen-bond donors (Lipinski definition) is 0. The SMILES string of the molecule is CN(C(=O)C1(c2cnc3ccccc3c2)CC1)C(CN1CCCC1)c1ccccc1.Cl. The van der Waals surface area contributed by atoms with Gasteiger partial charge in [-0.2, -0.15) is 0 Å². The van der Waals surface area contributed by atoms with Gasteiger partial charge in [-0.05, 0) is 62.0 Å². The Morgan fingerprint density at radius 2 is 1.74 bits per heavy atom. The molecule has 1 aliphatic carbocycles. The Balaban J connectivity index is 0.00000231. The van der Waals surface area contributed by atoms with Crippen LogP contribution in [0.15, 0.2) is 66.9 Å². The van der Waals surface area contributed by atoms with Crippen molar-refractivity contribution in [2.24, 2.45) is 0 Å². The number of likely N-dealkylation sites (tertiary alicyclic amines) is 1. The van der Waals surface area contributed by atoms with Crippen molar-refractivity contribution in [3.05, 3.63) is 78.0 Å². The summed E-state index contributed by atoms with van der Waals surface area (Å²) in [5.74, 6) is 0.229. The number of halogens is 1. The Labute approximate surface area is 190 Å².